The van der Waals surface area contributed by atoms with E-state index in [1.165, 1.54) is 16.3 Å². The average Bonchev–Trinajstić information content (AvgIpc) is 3.73. The van der Waals surface area contributed by atoms with Crippen molar-refractivity contribution in [3.8, 4) is 11.5 Å². The molecule has 15 heteroatoms. The van der Waals surface area contributed by atoms with Crippen molar-refractivity contribution in [3.63, 3.8) is 0 Å². The normalized spacial score (nSPS) is 24.5. The van der Waals surface area contributed by atoms with E-state index >= 15 is 4.39 Å². The van der Waals surface area contributed by atoms with Gasteiger partial charge in [0.2, 0.25) is 0 Å². The minimum atomic E-state index is -4.35. The first-order chi connectivity index (χ1) is 27.5. The molecule has 0 aliphatic carbocycles. The van der Waals surface area contributed by atoms with Crippen LogP contribution in [0.2, 0.25) is 5.02 Å². The molecule has 7 rings (SSSR count). The van der Waals surface area contributed by atoms with Gasteiger partial charge in [-0.3, -0.25) is 13.6 Å². The predicted molar refractivity (Wildman–Crippen MR) is 222 cm³/mol. The quantitative estimate of drug-likeness (QED) is 0.0624. The van der Waals surface area contributed by atoms with Gasteiger partial charge in [0.15, 0.2) is 0 Å². The van der Waals surface area contributed by atoms with Crippen molar-refractivity contribution >= 4 is 44.8 Å². The van der Waals surface area contributed by atoms with Gasteiger partial charge in [-0.15, -0.1) is 11.8 Å². The molecular formula is C42H43BClFN3O7PS. The summed E-state index contributed by atoms with van der Waals surface area (Å²) in [6.07, 6.45) is -0.176. The summed E-state index contributed by atoms with van der Waals surface area (Å²) in [5.74, 6) is 0.490. The summed E-state index contributed by atoms with van der Waals surface area (Å²) in [4.78, 5) is 18.3. The number of nitrogens with one attached hydrogen (secondary N) is 1. The van der Waals surface area contributed by atoms with Crippen LogP contribution >= 0.6 is 31.2 Å². The number of phosphoric ester groups is 1. The average molecular weight is 830 g/mol. The van der Waals surface area contributed by atoms with E-state index in [2.05, 4.69) is 10.3 Å². The first-order valence-corrected chi connectivity index (χ1v) is 21.5. The maximum atomic E-state index is 16.2. The van der Waals surface area contributed by atoms with E-state index in [-0.39, 0.29) is 23.8 Å². The fourth-order valence-electron chi connectivity index (χ4n) is 7.32. The third-order valence-corrected chi connectivity index (χ3v) is 13.8. The SMILES string of the molecule is [B][C@H]1C[C@H](OP(=O)(OC[C@H]2S[C@@H](n3ccc(NC(c4ccccc4)(c4ccccc4)c4ccc(OC)cc4)nc3=O)[C@@H](F)[C@@H]2C)Oc2ccccc2Cl)[C@@H](CC)O1. The van der Waals surface area contributed by atoms with Crippen molar-refractivity contribution < 1.29 is 32.0 Å². The molecule has 1 N–H and O–H groups in total. The highest BCUT2D eigenvalue weighted by atomic mass is 35.5. The number of para-hydroxylation sites is 1. The third kappa shape index (κ3) is 8.84. The number of methoxy groups -OCH3 is 1. The molecule has 0 amide bonds. The smallest absolute Gasteiger partial charge is 0.497 e. The monoisotopic (exact) mass is 829 g/mol. The van der Waals surface area contributed by atoms with Gasteiger partial charge in [0.05, 0.1) is 30.9 Å². The number of ether oxygens (including phenoxy) is 2. The molecule has 2 aliphatic heterocycles. The number of aromatic nitrogens is 2. The van der Waals surface area contributed by atoms with Crippen LogP contribution in [0.5, 0.6) is 11.5 Å². The highest BCUT2D eigenvalue weighted by Gasteiger charge is 2.47. The van der Waals surface area contributed by atoms with Crippen LogP contribution in [0.3, 0.4) is 0 Å². The van der Waals surface area contributed by atoms with Gasteiger partial charge in [0.25, 0.3) is 0 Å². The van der Waals surface area contributed by atoms with Crippen LogP contribution in [0.15, 0.2) is 126 Å². The number of phosphoric acid groups is 1. The number of benzene rings is 4. The molecular weight excluding hydrogens is 787 g/mol. The Balaban J connectivity index is 1.14. The Morgan fingerprint density at radius 1 is 0.982 bits per heavy atom. The number of thioether (sulfide) groups is 1. The summed E-state index contributed by atoms with van der Waals surface area (Å²) in [5, 5.41) is 2.33. The summed E-state index contributed by atoms with van der Waals surface area (Å²) < 4.78 is 60.8. The summed E-state index contributed by atoms with van der Waals surface area (Å²) in [6, 6.07) is 35.1. The second-order valence-corrected chi connectivity index (χ2v) is 17.3. The van der Waals surface area contributed by atoms with Crippen molar-refractivity contribution in [1.29, 1.82) is 0 Å². The molecule has 3 heterocycles. The van der Waals surface area contributed by atoms with Crippen LogP contribution in [-0.2, 0) is 23.9 Å². The van der Waals surface area contributed by atoms with Crippen molar-refractivity contribution in [1.82, 2.24) is 9.55 Å². The van der Waals surface area contributed by atoms with Crippen LogP contribution in [-0.4, -0.2) is 60.7 Å². The maximum absolute atomic E-state index is 16.2. The Labute approximate surface area is 342 Å². The highest BCUT2D eigenvalue weighted by molar-refractivity contribution is 8.00. The van der Waals surface area contributed by atoms with E-state index < -0.39 is 60.0 Å². The number of rotatable bonds is 15. The lowest BCUT2D eigenvalue weighted by Crippen LogP contribution is -2.39. The number of halogens is 2. The Kier molecular flexibility index (Phi) is 12.8. The molecule has 1 aromatic heterocycles. The molecule has 10 nitrogen and oxygen atoms in total. The lowest BCUT2D eigenvalue weighted by Gasteiger charge is -2.37. The van der Waals surface area contributed by atoms with E-state index in [0.717, 1.165) is 16.7 Å². The van der Waals surface area contributed by atoms with Gasteiger partial charge >= 0.3 is 13.5 Å². The largest absolute Gasteiger partial charge is 0.530 e. The molecule has 2 fully saturated rings. The zero-order valence-electron chi connectivity index (χ0n) is 31.7. The van der Waals surface area contributed by atoms with E-state index in [1.54, 1.807) is 50.6 Å². The number of anilines is 1. The minimum Gasteiger partial charge on any atom is -0.497 e. The molecule has 4 aromatic carbocycles. The Bertz CT molecular complexity index is 2190. The van der Waals surface area contributed by atoms with Gasteiger partial charge in [-0.2, -0.15) is 4.98 Å². The fraction of sp³-hybridized carbons (Fsp3) is 0.333. The summed E-state index contributed by atoms with van der Waals surface area (Å²) in [5.41, 5.74) is 1.08. The van der Waals surface area contributed by atoms with Crippen LogP contribution in [0, 0.1) is 5.92 Å². The van der Waals surface area contributed by atoms with Crippen LogP contribution in [0.1, 0.15) is 48.8 Å². The summed E-state index contributed by atoms with van der Waals surface area (Å²) >= 11 is 7.54. The van der Waals surface area contributed by atoms with E-state index in [4.69, 9.17) is 42.5 Å². The molecule has 0 spiro atoms. The van der Waals surface area contributed by atoms with Crippen molar-refractivity contribution in [2.75, 3.05) is 19.0 Å². The standard InChI is InChI=1S/C42H43BClFN3O7PS/c1-4-33-35(25-37(43)53-33)55-56(50,54-34-18-12-11-17-32(34)44)52-26-36-27(2)39(45)40(57-36)48-24-23-38(46-41(48)49)47-42(28-13-7-5-8-14-28,29-15-9-6-10-16-29)30-19-21-31(51-3)22-20-30/h5-24,27,33,35-37,39-40H,4,25-26H2,1-3H3,(H,46,47,49)/t27-,33-,35+,36-,37-,39+,40-,56?/m1/s1. The van der Waals surface area contributed by atoms with Gasteiger partial charge in [0.1, 0.15) is 42.2 Å². The van der Waals surface area contributed by atoms with Crippen molar-refractivity contribution in [2.45, 2.75) is 67.2 Å². The van der Waals surface area contributed by atoms with Gasteiger partial charge < -0.3 is 19.3 Å². The van der Waals surface area contributed by atoms with E-state index in [1.807, 2.05) is 91.9 Å². The molecule has 8 atom stereocenters. The molecule has 2 saturated heterocycles. The van der Waals surface area contributed by atoms with E-state index in [9.17, 15) is 9.36 Å². The first-order valence-electron chi connectivity index (χ1n) is 18.7. The van der Waals surface area contributed by atoms with Gasteiger partial charge in [-0.05, 0) is 59.9 Å². The number of hydrogen-bond donors (Lipinski definition) is 1. The topological polar surface area (TPSA) is 110 Å². The molecule has 2 aliphatic rings. The number of alkyl halides is 1. The number of nitrogens with zero attached hydrogens (tertiary/aromatic N) is 2. The third-order valence-electron chi connectivity index (χ3n) is 10.4. The Morgan fingerprint density at radius 2 is 1.61 bits per heavy atom. The second kappa shape index (κ2) is 17.8. The molecule has 57 heavy (non-hydrogen) atoms. The number of hydrogen-bond acceptors (Lipinski definition) is 10. The lowest BCUT2D eigenvalue weighted by atomic mass is 9.77. The zero-order chi connectivity index (χ0) is 40.2. The molecule has 296 valence electrons. The zero-order valence-corrected chi connectivity index (χ0v) is 34.1. The second-order valence-electron chi connectivity index (χ2n) is 14.0. The molecule has 0 saturated carbocycles. The van der Waals surface area contributed by atoms with E-state index in [0.29, 0.717) is 18.0 Å². The Hall–Kier alpha value is -4.10. The van der Waals surface area contributed by atoms with Crippen LogP contribution in [0.25, 0.3) is 0 Å². The predicted octanol–water partition coefficient (Wildman–Crippen LogP) is 9.18. The van der Waals surface area contributed by atoms with Gasteiger partial charge in [0, 0.05) is 23.4 Å². The van der Waals surface area contributed by atoms with Crippen molar-refractivity contribution in [3.05, 3.63) is 154 Å². The van der Waals surface area contributed by atoms with Crippen molar-refractivity contribution in [2.24, 2.45) is 5.92 Å². The fourth-order valence-corrected chi connectivity index (χ4v) is 10.7. The van der Waals surface area contributed by atoms with Gasteiger partial charge in [-0.1, -0.05) is 110 Å². The molecule has 0 bridgehead atoms. The first kappa shape index (κ1) is 41.1. The molecule has 1 unspecified atom stereocenters. The van der Waals surface area contributed by atoms with Crippen LogP contribution in [0.4, 0.5) is 10.2 Å². The molecule has 5 aromatic rings. The highest BCUT2D eigenvalue weighted by Crippen LogP contribution is 2.56. The summed E-state index contributed by atoms with van der Waals surface area (Å²) in [6.45, 7) is 3.42. The summed E-state index contributed by atoms with van der Waals surface area (Å²) in [7, 11) is 3.28. The molecule has 2 radical (unpaired) electrons. The maximum Gasteiger partial charge on any atom is 0.530 e. The van der Waals surface area contributed by atoms with Crippen LogP contribution < -0.4 is 20.3 Å². The Morgan fingerprint density at radius 3 is 2.23 bits per heavy atom. The lowest BCUT2D eigenvalue weighted by molar-refractivity contribution is 0.0234. The minimum absolute atomic E-state index is 0.106. The van der Waals surface area contributed by atoms with Gasteiger partial charge in [-0.25, -0.2) is 13.8 Å².